The molecule has 2 bridgehead atoms. The summed E-state index contributed by atoms with van der Waals surface area (Å²) >= 11 is 0. The molecular formula is C21H29BO5. The molecule has 27 heavy (non-hydrogen) atoms. The SMILES string of the molecule is CC1(C)OB(c2ccc(C34CCC(CC(=O)O)(CC3)CO4)cc2)OC1(C)C. The molecule has 1 N–H and O–H groups in total. The Bertz CT molecular complexity index is 699. The third kappa shape index (κ3) is 3.12. The van der Waals surface area contributed by atoms with Crippen LogP contribution in [0.4, 0.5) is 0 Å². The fourth-order valence-electron chi connectivity index (χ4n) is 4.61. The van der Waals surface area contributed by atoms with Crippen LogP contribution in [-0.4, -0.2) is 36.0 Å². The van der Waals surface area contributed by atoms with Crippen molar-refractivity contribution in [3.8, 4) is 0 Å². The molecule has 0 aromatic heterocycles. The standard InChI is InChI=1S/C21H29BO5/c1-18(2)19(3,4)27-22(26-18)16-7-5-15(6-8-16)21-11-9-20(10-12-21,14-25-21)13-17(23)24/h5-8H,9-14H2,1-4H3,(H,23,24). The molecule has 0 amide bonds. The van der Waals surface area contributed by atoms with E-state index in [2.05, 4.69) is 52.0 Å². The summed E-state index contributed by atoms with van der Waals surface area (Å²) in [5.74, 6) is -0.722. The van der Waals surface area contributed by atoms with Crippen LogP contribution in [0, 0.1) is 5.41 Å². The minimum absolute atomic E-state index is 0.170. The van der Waals surface area contributed by atoms with Gasteiger partial charge in [-0.15, -0.1) is 0 Å². The number of carboxylic acids is 1. The molecule has 4 aliphatic rings. The fraction of sp³-hybridized carbons (Fsp3) is 0.667. The highest BCUT2D eigenvalue weighted by molar-refractivity contribution is 6.62. The maximum Gasteiger partial charge on any atom is 0.494 e. The molecule has 3 aliphatic heterocycles. The van der Waals surface area contributed by atoms with Crippen molar-refractivity contribution in [3.05, 3.63) is 29.8 Å². The summed E-state index contributed by atoms with van der Waals surface area (Å²) < 4.78 is 18.5. The molecule has 1 aromatic rings. The van der Waals surface area contributed by atoms with E-state index in [0.29, 0.717) is 6.61 Å². The zero-order valence-electron chi connectivity index (χ0n) is 16.7. The number of aliphatic carboxylic acids is 1. The van der Waals surface area contributed by atoms with Crippen molar-refractivity contribution in [1.29, 1.82) is 0 Å². The lowest BCUT2D eigenvalue weighted by atomic mass is 9.62. The first-order valence-corrected chi connectivity index (χ1v) is 9.89. The normalized spacial score (nSPS) is 34.0. The third-order valence-electron chi connectivity index (χ3n) is 7.26. The maximum atomic E-state index is 11.2. The van der Waals surface area contributed by atoms with Gasteiger partial charge in [-0.1, -0.05) is 24.3 Å². The van der Waals surface area contributed by atoms with E-state index in [9.17, 15) is 9.90 Å². The van der Waals surface area contributed by atoms with Gasteiger partial charge in [-0.3, -0.25) is 4.79 Å². The van der Waals surface area contributed by atoms with Crippen molar-refractivity contribution < 1.29 is 23.9 Å². The number of hydrogen-bond donors (Lipinski definition) is 1. The molecule has 0 atom stereocenters. The summed E-state index contributed by atoms with van der Waals surface area (Å²) in [6.45, 7) is 8.77. The summed E-state index contributed by atoms with van der Waals surface area (Å²) in [4.78, 5) is 11.2. The minimum atomic E-state index is -0.722. The molecule has 3 heterocycles. The van der Waals surface area contributed by atoms with E-state index in [1.54, 1.807) is 0 Å². The van der Waals surface area contributed by atoms with Crippen molar-refractivity contribution >= 4 is 18.6 Å². The highest BCUT2D eigenvalue weighted by Gasteiger charge is 2.53. The second-order valence-electron chi connectivity index (χ2n) is 9.56. The monoisotopic (exact) mass is 372 g/mol. The Morgan fingerprint density at radius 1 is 1.00 bits per heavy atom. The molecule has 4 fully saturated rings. The van der Waals surface area contributed by atoms with Crippen LogP contribution < -0.4 is 5.46 Å². The van der Waals surface area contributed by atoms with Gasteiger partial charge in [0, 0.05) is 5.41 Å². The first kappa shape index (κ1) is 19.0. The average Bonchev–Trinajstić information content (AvgIpc) is 2.83. The van der Waals surface area contributed by atoms with Crippen LogP contribution >= 0.6 is 0 Å². The molecule has 1 saturated carbocycles. The van der Waals surface area contributed by atoms with E-state index in [1.807, 2.05) is 0 Å². The van der Waals surface area contributed by atoms with E-state index in [4.69, 9.17) is 14.0 Å². The van der Waals surface area contributed by atoms with Gasteiger partial charge in [0.15, 0.2) is 0 Å². The second kappa shape index (κ2) is 6.06. The zero-order valence-corrected chi connectivity index (χ0v) is 16.7. The first-order valence-electron chi connectivity index (χ1n) is 9.89. The Balaban J connectivity index is 1.49. The largest absolute Gasteiger partial charge is 0.494 e. The molecule has 0 radical (unpaired) electrons. The van der Waals surface area contributed by atoms with Crippen molar-refractivity contribution in [2.75, 3.05) is 6.61 Å². The van der Waals surface area contributed by atoms with Gasteiger partial charge < -0.3 is 19.2 Å². The second-order valence-corrected chi connectivity index (χ2v) is 9.56. The van der Waals surface area contributed by atoms with Crippen LogP contribution in [0.15, 0.2) is 24.3 Å². The topological polar surface area (TPSA) is 65.0 Å². The van der Waals surface area contributed by atoms with Gasteiger partial charge in [0.05, 0.1) is 29.8 Å². The Morgan fingerprint density at radius 3 is 2.00 bits per heavy atom. The van der Waals surface area contributed by atoms with Gasteiger partial charge in [0.1, 0.15) is 0 Å². The van der Waals surface area contributed by atoms with Gasteiger partial charge in [-0.2, -0.15) is 0 Å². The molecule has 1 aromatic carbocycles. The molecule has 0 unspecified atom stereocenters. The number of carbonyl (C=O) groups is 1. The molecule has 0 spiro atoms. The predicted molar refractivity (Wildman–Crippen MR) is 103 cm³/mol. The van der Waals surface area contributed by atoms with Gasteiger partial charge in [0.2, 0.25) is 0 Å². The Kier molecular flexibility index (Phi) is 4.26. The van der Waals surface area contributed by atoms with Crippen molar-refractivity contribution in [3.63, 3.8) is 0 Å². The highest BCUT2D eigenvalue weighted by atomic mass is 16.7. The smallest absolute Gasteiger partial charge is 0.481 e. The van der Waals surface area contributed by atoms with Crippen LogP contribution in [0.2, 0.25) is 0 Å². The molecule has 3 saturated heterocycles. The van der Waals surface area contributed by atoms with E-state index in [1.165, 1.54) is 5.56 Å². The van der Waals surface area contributed by atoms with E-state index in [0.717, 1.165) is 31.1 Å². The molecular weight excluding hydrogens is 343 g/mol. The number of rotatable bonds is 4. The molecule has 146 valence electrons. The fourth-order valence-corrected chi connectivity index (χ4v) is 4.61. The summed E-state index contributed by atoms with van der Waals surface area (Å²) in [7, 11) is -0.358. The minimum Gasteiger partial charge on any atom is -0.481 e. The quantitative estimate of drug-likeness (QED) is 0.822. The summed E-state index contributed by atoms with van der Waals surface area (Å²) in [5.41, 5.74) is 1.05. The lowest BCUT2D eigenvalue weighted by Crippen LogP contribution is -2.50. The van der Waals surface area contributed by atoms with Gasteiger partial charge in [-0.25, -0.2) is 0 Å². The van der Waals surface area contributed by atoms with Gasteiger partial charge in [-0.05, 0) is 64.4 Å². The molecule has 6 heteroatoms. The van der Waals surface area contributed by atoms with Gasteiger partial charge >= 0.3 is 13.1 Å². The zero-order chi connectivity index (χ0) is 19.5. The Morgan fingerprint density at radius 2 is 1.56 bits per heavy atom. The molecule has 1 aliphatic carbocycles. The van der Waals surface area contributed by atoms with Crippen molar-refractivity contribution in [2.45, 2.75) is 76.6 Å². The Hall–Kier alpha value is -1.37. The number of ether oxygens (including phenoxy) is 1. The predicted octanol–water partition coefficient (Wildman–Crippen LogP) is 3.25. The third-order valence-corrected chi connectivity index (χ3v) is 7.26. The van der Waals surface area contributed by atoms with Crippen molar-refractivity contribution in [2.24, 2.45) is 5.41 Å². The average molecular weight is 372 g/mol. The summed E-state index contributed by atoms with van der Waals surface area (Å²) in [5, 5.41) is 9.19. The maximum absolute atomic E-state index is 11.2. The molecule has 5 rings (SSSR count). The van der Waals surface area contributed by atoms with Crippen LogP contribution in [0.5, 0.6) is 0 Å². The highest BCUT2D eigenvalue weighted by Crippen LogP contribution is 2.54. The van der Waals surface area contributed by atoms with E-state index >= 15 is 0 Å². The van der Waals surface area contributed by atoms with Crippen LogP contribution in [0.3, 0.4) is 0 Å². The van der Waals surface area contributed by atoms with E-state index in [-0.39, 0.29) is 35.8 Å². The first-order chi connectivity index (χ1) is 12.6. The van der Waals surface area contributed by atoms with Crippen LogP contribution in [0.25, 0.3) is 0 Å². The van der Waals surface area contributed by atoms with Crippen LogP contribution in [-0.2, 0) is 24.4 Å². The summed E-state index contributed by atoms with van der Waals surface area (Å²) in [6, 6.07) is 8.39. The lowest BCUT2D eigenvalue weighted by molar-refractivity contribution is -0.195. The lowest BCUT2D eigenvalue weighted by Gasteiger charge is -2.53. The van der Waals surface area contributed by atoms with Crippen molar-refractivity contribution in [1.82, 2.24) is 0 Å². The number of carboxylic acid groups (broad SMARTS) is 1. The number of fused-ring (bicyclic) bond motifs is 3. The van der Waals surface area contributed by atoms with Gasteiger partial charge in [0.25, 0.3) is 0 Å². The number of hydrogen-bond acceptors (Lipinski definition) is 4. The van der Waals surface area contributed by atoms with E-state index < -0.39 is 5.97 Å². The van der Waals surface area contributed by atoms with Crippen LogP contribution in [0.1, 0.15) is 65.4 Å². The Labute approximate surface area is 161 Å². The summed E-state index contributed by atoms with van der Waals surface area (Å²) in [6.07, 6.45) is 3.81. The number of benzene rings is 1. The molecule has 5 nitrogen and oxygen atoms in total.